The summed E-state index contributed by atoms with van der Waals surface area (Å²) in [7, 11) is 0. The first kappa shape index (κ1) is 11.4. The van der Waals surface area contributed by atoms with E-state index >= 15 is 0 Å². The molecular formula is C11H12N2O4. The molecule has 0 aliphatic carbocycles. The lowest BCUT2D eigenvalue weighted by Gasteiger charge is -2.38. The number of pyridine rings is 1. The van der Waals surface area contributed by atoms with Crippen molar-refractivity contribution < 1.29 is 19.8 Å². The van der Waals surface area contributed by atoms with Crippen LogP contribution in [0.5, 0.6) is 5.75 Å². The standard InChI is InChI=1S/C11H12N2O4/c14-9-2-8(3-12-4-9)11(17)13-5-7(6-13)1-10(15)16/h2-4,7,14H,1,5-6H2,(H,15,16). The van der Waals surface area contributed by atoms with Crippen molar-refractivity contribution in [1.82, 2.24) is 9.88 Å². The Morgan fingerprint density at radius 1 is 1.41 bits per heavy atom. The zero-order valence-electron chi connectivity index (χ0n) is 9.04. The largest absolute Gasteiger partial charge is 0.506 e. The molecule has 1 fully saturated rings. The minimum Gasteiger partial charge on any atom is -0.506 e. The van der Waals surface area contributed by atoms with Crippen molar-refractivity contribution in [3.8, 4) is 5.75 Å². The summed E-state index contributed by atoms with van der Waals surface area (Å²) < 4.78 is 0. The molecule has 90 valence electrons. The average molecular weight is 236 g/mol. The molecule has 6 heteroatoms. The van der Waals surface area contributed by atoms with Crippen molar-refractivity contribution in [2.24, 2.45) is 5.92 Å². The van der Waals surface area contributed by atoms with Gasteiger partial charge in [0.05, 0.1) is 18.2 Å². The third kappa shape index (κ3) is 2.52. The Bertz CT molecular complexity index is 455. The molecule has 0 saturated carbocycles. The molecule has 2 N–H and O–H groups in total. The summed E-state index contributed by atoms with van der Waals surface area (Å²) in [5.41, 5.74) is 0.318. The van der Waals surface area contributed by atoms with Crippen molar-refractivity contribution in [3.05, 3.63) is 24.0 Å². The van der Waals surface area contributed by atoms with Gasteiger partial charge in [-0.2, -0.15) is 0 Å². The van der Waals surface area contributed by atoms with E-state index in [-0.39, 0.29) is 24.0 Å². The molecule has 1 aliphatic rings. The highest BCUT2D eigenvalue weighted by Crippen LogP contribution is 2.22. The van der Waals surface area contributed by atoms with Crippen LogP contribution in [-0.4, -0.2) is 45.1 Å². The van der Waals surface area contributed by atoms with Gasteiger partial charge in [-0.3, -0.25) is 14.6 Å². The summed E-state index contributed by atoms with van der Waals surface area (Å²) in [6.45, 7) is 0.890. The fraction of sp³-hybridized carbons (Fsp3) is 0.364. The Kier molecular flexibility index (Phi) is 2.95. The maximum atomic E-state index is 11.8. The maximum absolute atomic E-state index is 11.8. The monoisotopic (exact) mass is 236 g/mol. The lowest BCUT2D eigenvalue weighted by atomic mass is 9.95. The number of aromatic hydroxyl groups is 1. The Morgan fingerprint density at radius 2 is 2.12 bits per heavy atom. The fourth-order valence-corrected chi connectivity index (χ4v) is 1.84. The van der Waals surface area contributed by atoms with Gasteiger partial charge in [0.2, 0.25) is 0 Å². The number of rotatable bonds is 3. The van der Waals surface area contributed by atoms with Gasteiger partial charge in [0.25, 0.3) is 5.91 Å². The van der Waals surface area contributed by atoms with Gasteiger partial charge < -0.3 is 15.1 Å². The van der Waals surface area contributed by atoms with Crippen LogP contribution in [0.4, 0.5) is 0 Å². The predicted molar refractivity (Wildman–Crippen MR) is 57.5 cm³/mol. The van der Waals surface area contributed by atoms with Crippen molar-refractivity contribution >= 4 is 11.9 Å². The number of aliphatic carboxylic acids is 1. The smallest absolute Gasteiger partial charge is 0.303 e. The van der Waals surface area contributed by atoms with E-state index < -0.39 is 5.97 Å². The molecule has 1 amide bonds. The molecule has 6 nitrogen and oxygen atoms in total. The first-order valence-electron chi connectivity index (χ1n) is 5.21. The molecule has 0 unspecified atom stereocenters. The molecule has 0 atom stereocenters. The van der Waals surface area contributed by atoms with Gasteiger partial charge in [-0.15, -0.1) is 0 Å². The van der Waals surface area contributed by atoms with E-state index in [1.165, 1.54) is 18.5 Å². The van der Waals surface area contributed by atoms with Crippen LogP contribution < -0.4 is 0 Å². The molecule has 2 rings (SSSR count). The highest BCUT2D eigenvalue weighted by molar-refractivity contribution is 5.94. The minimum absolute atomic E-state index is 0.0294. The second kappa shape index (κ2) is 4.40. The summed E-state index contributed by atoms with van der Waals surface area (Å²) in [5.74, 6) is -1.10. The summed E-state index contributed by atoms with van der Waals surface area (Å²) in [6.07, 6.45) is 2.72. The third-order valence-corrected chi connectivity index (χ3v) is 2.68. The van der Waals surface area contributed by atoms with Crippen molar-refractivity contribution in [2.75, 3.05) is 13.1 Å². The lowest BCUT2D eigenvalue weighted by Crippen LogP contribution is -2.50. The van der Waals surface area contributed by atoms with Crippen molar-refractivity contribution in [1.29, 1.82) is 0 Å². The van der Waals surface area contributed by atoms with Crippen LogP contribution in [0.2, 0.25) is 0 Å². The van der Waals surface area contributed by atoms with Gasteiger partial charge in [0.15, 0.2) is 0 Å². The summed E-state index contributed by atoms with van der Waals surface area (Å²) >= 11 is 0. The Balaban J connectivity index is 1.93. The molecule has 1 saturated heterocycles. The number of amides is 1. The van der Waals surface area contributed by atoms with Crippen LogP contribution in [0.15, 0.2) is 18.5 Å². The van der Waals surface area contributed by atoms with Crippen molar-refractivity contribution in [2.45, 2.75) is 6.42 Å². The van der Waals surface area contributed by atoms with Gasteiger partial charge in [-0.1, -0.05) is 0 Å². The highest BCUT2D eigenvalue weighted by Gasteiger charge is 2.32. The SMILES string of the molecule is O=C(O)CC1CN(C(=O)c2cncc(O)c2)C1. The van der Waals surface area contributed by atoms with E-state index in [2.05, 4.69) is 4.98 Å². The number of nitrogens with zero attached hydrogens (tertiary/aromatic N) is 2. The molecule has 1 aromatic heterocycles. The van der Waals surface area contributed by atoms with Gasteiger partial charge >= 0.3 is 5.97 Å². The molecular weight excluding hydrogens is 224 g/mol. The van der Waals surface area contributed by atoms with Crippen LogP contribution in [0, 0.1) is 5.92 Å². The van der Waals surface area contributed by atoms with E-state index in [4.69, 9.17) is 5.11 Å². The average Bonchev–Trinajstić information content (AvgIpc) is 2.21. The Labute approximate surface area is 97.5 Å². The van der Waals surface area contributed by atoms with E-state index in [1.807, 2.05) is 0 Å². The quantitative estimate of drug-likeness (QED) is 0.789. The number of carboxylic acid groups (broad SMARTS) is 1. The zero-order chi connectivity index (χ0) is 12.4. The lowest BCUT2D eigenvalue weighted by molar-refractivity contribution is -0.139. The summed E-state index contributed by atoms with van der Waals surface area (Å²) in [4.78, 5) is 27.6. The van der Waals surface area contributed by atoms with Crippen LogP contribution >= 0.6 is 0 Å². The van der Waals surface area contributed by atoms with Crippen molar-refractivity contribution in [3.63, 3.8) is 0 Å². The molecule has 0 spiro atoms. The number of carbonyl (C=O) groups excluding carboxylic acids is 1. The van der Waals surface area contributed by atoms with Crippen LogP contribution in [0.1, 0.15) is 16.8 Å². The summed E-state index contributed by atoms with van der Waals surface area (Å²) in [6, 6.07) is 1.35. The minimum atomic E-state index is -0.846. The van der Waals surface area contributed by atoms with E-state index in [0.717, 1.165) is 0 Å². The maximum Gasteiger partial charge on any atom is 0.303 e. The number of carbonyl (C=O) groups is 2. The normalized spacial score (nSPS) is 15.4. The molecule has 0 bridgehead atoms. The predicted octanol–water partition coefficient (Wildman–Crippen LogP) is 0.334. The second-order valence-corrected chi connectivity index (χ2v) is 4.11. The second-order valence-electron chi connectivity index (χ2n) is 4.11. The van der Waals surface area contributed by atoms with Gasteiger partial charge in [-0.05, 0) is 6.07 Å². The van der Waals surface area contributed by atoms with Gasteiger partial charge in [-0.25, -0.2) is 0 Å². The number of hydrogen-bond acceptors (Lipinski definition) is 4. The molecule has 2 heterocycles. The first-order valence-corrected chi connectivity index (χ1v) is 5.21. The summed E-state index contributed by atoms with van der Waals surface area (Å²) in [5, 5.41) is 17.8. The molecule has 1 aromatic rings. The Hall–Kier alpha value is -2.11. The van der Waals surface area contributed by atoms with Crippen LogP contribution in [-0.2, 0) is 4.79 Å². The number of aromatic nitrogens is 1. The van der Waals surface area contributed by atoms with Crippen LogP contribution in [0.25, 0.3) is 0 Å². The first-order chi connectivity index (χ1) is 8.06. The topological polar surface area (TPSA) is 90.7 Å². The fourth-order valence-electron chi connectivity index (χ4n) is 1.84. The third-order valence-electron chi connectivity index (χ3n) is 2.68. The van der Waals surface area contributed by atoms with E-state index in [9.17, 15) is 14.7 Å². The molecule has 0 aromatic carbocycles. The molecule has 0 radical (unpaired) electrons. The van der Waals surface area contributed by atoms with Gasteiger partial charge in [0.1, 0.15) is 5.75 Å². The molecule has 1 aliphatic heterocycles. The van der Waals surface area contributed by atoms with Gasteiger partial charge in [0, 0.05) is 25.2 Å². The number of carboxylic acids is 1. The molecule has 17 heavy (non-hydrogen) atoms. The van der Waals surface area contributed by atoms with E-state index in [0.29, 0.717) is 18.7 Å². The highest BCUT2D eigenvalue weighted by atomic mass is 16.4. The van der Waals surface area contributed by atoms with E-state index in [1.54, 1.807) is 4.90 Å². The zero-order valence-corrected chi connectivity index (χ0v) is 9.04. The Morgan fingerprint density at radius 3 is 2.71 bits per heavy atom. The number of likely N-dealkylation sites (tertiary alicyclic amines) is 1. The van der Waals surface area contributed by atoms with Crippen LogP contribution in [0.3, 0.4) is 0 Å². The number of hydrogen-bond donors (Lipinski definition) is 2.